The Bertz CT molecular complexity index is 1300. The van der Waals surface area contributed by atoms with Gasteiger partial charge < -0.3 is 49.0 Å². The molecule has 0 spiro atoms. The molecule has 242 valence electrons. The number of aliphatic hydroxyl groups is 3. The van der Waals surface area contributed by atoms with Gasteiger partial charge in [0.15, 0.2) is 29.1 Å². The molecule has 12 heteroatoms. The van der Waals surface area contributed by atoms with Crippen LogP contribution >= 0.6 is 0 Å². The van der Waals surface area contributed by atoms with Crippen molar-refractivity contribution in [2.24, 2.45) is 5.92 Å². The van der Waals surface area contributed by atoms with Gasteiger partial charge in [-0.15, -0.1) is 0 Å². The molecule has 0 bridgehead atoms. The van der Waals surface area contributed by atoms with Crippen molar-refractivity contribution in [2.45, 2.75) is 69.2 Å². The van der Waals surface area contributed by atoms with Gasteiger partial charge in [-0.2, -0.15) is 5.26 Å². The van der Waals surface area contributed by atoms with E-state index in [4.69, 9.17) is 23.7 Å². The van der Waals surface area contributed by atoms with E-state index in [1.807, 2.05) is 31.3 Å². The molecule has 12 nitrogen and oxygen atoms in total. The Morgan fingerprint density at radius 1 is 0.955 bits per heavy atom. The van der Waals surface area contributed by atoms with Crippen LogP contribution in [0.25, 0.3) is 0 Å². The van der Waals surface area contributed by atoms with Crippen molar-refractivity contribution in [1.82, 2.24) is 4.90 Å². The molecule has 4 N–H and O–H groups in total. The normalized spacial score (nSPS) is 23.1. The Kier molecular flexibility index (Phi) is 12.2. The van der Waals surface area contributed by atoms with E-state index in [-0.39, 0.29) is 11.7 Å². The van der Waals surface area contributed by atoms with Crippen LogP contribution in [0.1, 0.15) is 37.8 Å². The minimum atomic E-state index is -1.81. The summed E-state index contributed by atoms with van der Waals surface area (Å²) in [6.07, 6.45) is -6.41. The minimum Gasteiger partial charge on any atom is -0.493 e. The second-order valence-corrected chi connectivity index (χ2v) is 11.3. The monoisotopic (exact) mass is 616 g/mol. The maximum atomic E-state index is 11.4. The molecule has 1 aliphatic rings. The number of likely N-dealkylation sites (N-methyl/N-ethyl adjacent to an activating group) is 1. The number of nitrogens with zero attached hydrogens (tertiary/aromatic N) is 2. The zero-order chi connectivity index (χ0) is 32.6. The van der Waals surface area contributed by atoms with Gasteiger partial charge >= 0.3 is 5.97 Å². The first kappa shape index (κ1) is 34.9. The summed E-state index contributed by atoms with van der Waals surface area (Å²) in [7, 11) is 6.64. The molecule has 6 atom stereocenters. The van der Waals surface area contributed by atoms with Crippen LogP contribution in [0.4, 0.5) is 0 Å². The van der Waals surface area contributed by atoms with E-state index in [9.17, 15) is 30.5 Å². The first-order chi connectivity index (χ1) is 20.9. The Morgan fingerprint density at radius 3 is 2.18 bits per heavy atom. The molecule has 44 heavy (non-hydrogen) atoms. The summed E-state index contributed by atoms with van der Waals surface area (Å²) >= 11 is 0. The molecule has 3 rings (SSSR count). The number of rotatable bonds is 15. The van der Waals surface area contributed by atoms with Crippen molar-refractivity contribution in [3.05, 3.63) is 47.5 Å². The van der Waals surface area contributed by atoms with Gasteiger partial charge in [0.05, 0.1) is 32.8 Å². The van der Waals surface area contributed by atoms with E-state index in [2.05, 4.69) is 24.8 Å². The number of hydrogen-bond donors (Lipinski definition) is 4. The molecule has 0 radical (unpaired) electrons. The summed E-state index contributed by atoms with van der Waals surface area (Å²) in [6, 6.07) is 13.5. The number of methoxy groups -OCH3 is 3. The van der Waals surface area contributed by atoms with E-state index >= 15 is 0 Å². The highest BCUT2D eigenvalue weighted by Gasteiger charge is 2.48. The van der Waals surface area contributed by atoms with E-state index in [1.54, 1.807) is 26.4 Å². The standard InChI is InChI=1S/C32H44N2O10/c1-19(2)32(18-33,21-9-11-22(40-4)25(17-21)42-6)13-7-14-34(3)15-12-20-8-10-23(24(16-20)41-5)43-31-28(37)26(35)27(36)29(44-31)30(38)39/h8-11,16-17,19,26-29,31,35-37H,7,12-15H2,1-6H3,(H,38,39)/t26-,27-,28+,29-,31+,32?/m0/s1. The second-order valence-electron chi connectivity index (χ2n) is 11.3. The molecule has 0 aliphatic carbocycles. The van der Waals surface area contributed by atoms with Gasteiger partial charge in [0.2, 0.25) is 6.29 Å². The number of carboxylic acids is 1. The molecular weight excluding hydrogens is 572 g/mol. The summed E-state index contributed by atoms with van der Waals surface area (Å²) in [4.78, 5) is 13.6. The highest BCUT2D eigenvalue weighted by atomic mass is 16.7. The summed E-state index contributed by atoms with van der Waals surface area (Å²) < 4.78 is 27.2. The minimum absolute atomic E-state index is 0.0765. The molecule has 1 unspecified atom stereocenters. The van der Waals surface area contributed by atoms with Crippen LogP contribution in [0.2, 0.25) is 0 Å². The third kappa shape index (κ3) is 7.72. The maximum absolute atomic E-state index is 11.4. The van der Waals surface area contributed by atoms with Crippen molar-refractivity contribution >= 4 is 5.97 Å². The van der Waals surface area contributed by atoms with Crippen molar-refractivity contribution in [1.29, 1.82) is 5.26 Å². The van der Waals surface area contributed by atoms with Gasteiger partial charge in [-0.25, -0.2) is 4.79 Å². The summed E-state index contributed by atoms with van der Waals surface area (Å²) in [5.41, 5.74) is 1.17. The number of aliphatic carboxylic acids is 1. The Morgan fingerprint density at radius 2 is 1.59 bits per heavy atom. The van der Waals surface area contributed by atoms with Gasteiger partial charge in [-0.3, -0.25) is 0 Å². The Hall–Kier alpha value is -3.60. The van der Waals surface area contributed by atoms with Gasteiger partial charge in [0.25, 0.3) is 0 Å². The fraction of sp³-hybridized carbons (Fsp3) is 0.562. The van der Waals surface area contributed by atoms with E-state index in [0.717, 1.165) is 30.6 Å². The topological polar surface area (TPSA) is 171 Å². The average Bonchev–Trinajstić information content (AvgIpc) is 3.02. The first-order valence-electron chi connectivity index (χ1n) is 14.5. The molecule has 2 aromatic rings. The van der Waals surface area contributed by atoms with E-state index in [0.29, 0.717) is 30.1 Å². The number of nitriles is 1. The van der Waals surface area contributed by atoms with Gasteiger partial charge in [0, 0.05) is 6.54 Å². The lowest BCUT2D eigenvalue weighted by Gasteiger charge is -2.38. The predicted molar refractivity (Wildman–Crippen MR) is 160 cm³/mol. The van der Waals surface area contributed by atoms with Crippen LogP contribution < -0.4 is 18.9 Å². The molecule has 1 heterocycles. The Balaban J connectivity index is 1.61. The molecule has 0 saturated carbocycles. The number of carboxylic acid groups (broad SMARTS) is 1. The van der Waals surface area contributed by atoms with Crippen molar-refractivity contribution in [3.63, 3.8) is 0 Å². The lowest BCUT2D eigenvalue weighted by Crippen LogP contribution is -2.61. The third-order valence-corrected chi connectivity index (χ3v) is 8.26. The van der Waals surface area contributed by atoms with Gasteiger partial charge in [-0.05, 0) is 74.2 Å². The summed E-state index contributed by atoms with van der Waals surface area (Å²) in [6.45, 7) is 5.62. The summed E-state index contributed by atoms with van der Waals surface area (Å²) in [5.74, 6) is 0.308. The van der Waals surface area contributed by atoms with Crippen molar-refractivity contribution in [3.8, 4) is 29.1 Å². The average molecular weight is 617 g/mol. The Labute approximate surface area is 258 Å². The second kappa shape index (κ2) is 15.4. The fourth-order valence-electron chi connectivity index (χ4n) is 5.43. The smallest absolute Gasteiger partial charge is 0.335 e. The van der Waals surface area contributed by atoms with Gasteiger partial charge in [-0.1, -0.05) is 26.0 Å². The lowest BCUT2D eigenvalue weighted by molar-refractivity contribution is -0.271. The van der Waals surface area contributed by atoms with Crippen LogP contribution in [0.15, 0.2) is 36.4 Å². The summed E-state index contributed by atoms with van der Waals surface area (Å²) in [5, 5.41) is 49.9. The maximum Gasteiger partial charge on any atom is 0.335 e. The van der Waals surface area contributed by atoms with Crippen LogP contribution in [-0.2, 0) is 21.4 Å². The fourth-order valence-corrected chi connectivity index (χ4v) is 5.43. The zero-order valence-corrected chi connectivity index (χ0v) is 26.1. The van der Waals surface area contributed by atoms with Crippen molar-refractivity contribution in [2.75, 3.05) is 41.5 Å². The van der Waals surface area contributed by atoms with Crippen LogP contribution in [0.3, 0.4) is 0 Å². The van der Waals surface area contributed by atoms with E-state index < -0.39 is 42.1 Å². The van der Waals surface area contributed by atoms with Gasteiger partial charge in [0.1, 0.15) is 18.3 Å². The van der Waals surface area contributed by atoms with E-state index in [1.165, 1.54) is 7.11 Å². The lowest BCUT2D eigenvalue weighted by atomic mass is 9.69. The molecule has 1 aliphatic heterocycles. The number of hydrogen-bond acceptors (Lipinski definition) is 11. The molecule has 1 fully saturated rings. The zero-order valence-electron chi connectivity index (χ0n) is 26.1. The van der Waals surface area contributed by atoms with Crippen molar-refractivity contribution < 1.29 is 48.9 Å². The highest BCUT2D eigenvalue weighted by molar-refractivity contribution is 5.73. The molecular formula is C32H44N2O10. The highest BCUT2D eigenvalue weighted by Crippen LogP contribution is 2.40. The third-order valence-electron chi connectivity index (χ3n) is 8.26. The SMILES string of the molecule is COc1ccc(C(C#N)(CCCN(C)CCc2ccc(O[C@@H]3O[C@H](C(=O)O)[C@@H](O)[C@H](O)[C@H]3O)c(OC)c2)C(C)C)cc1OC. The largest absolute Gasteiger partial charge is 0.493 e. The first-order valence-corrected chi connectivity index (χ1v) is 14.5. The quantitative estimate of drug-likeness (QED) is 0.231. The predicted octanol–water partition coefficient (Wildman–Crippen LogP) is 2.36. The van der Waals surface area contributed by atoms with Crippen LogP contribution in [-0.4, -0.2) is 103 Å². The number of carbonyl (C=O) groups is 1. The molecule has 0 aromatic heterocycles. The van der Waals surface area contributed by atoms with Crippen LogP contribution in [0.5, 0.6) is 23.0 Å². The number of ether oxygens (including phenoxy) is 5. The number of benzene rings is 2. The molecule has 1 saturated heterocycles. The molecule has 0 amide bonds. The molecule has 2 aromatic carbocycles. The number of aliphatic hydroxyl groups excluding tert-OH is 3. The van der Waals surface area contributed by atoms with Crippen LogP contribution in [0, 0.1) is 17.2 Å².